The molecule has 1 rings (SSSR count). The molecule has 0 amide bonds. The van der Waals surface area contributed by atoms with E-state index in [0.717, 1.165) is 6.42 Å². The SMILES string of the molecule is CCCNc1ncnc(NCCC(C)S(C)=O)c1[N+](=O)[O-]. The van der Waals surface area contributed by atoms with Crippen molar-refractivity contribution in [1.29, 1.82) is 0 Å². The van der Waals surface area contributed by atoms with Gasteiger partial charge in [0.15, 0.2) is 0 Å². The van der Waals surface area contributed by atoms with E-state index in [2.05, 4.69) is 20.6 Å². The van der Waals surface area contributed by atoms with E-state index in [1.807, 2.05) is 13.8 Å². The maximum atomic E-state index is 11.3. The van der Waals surface area contributed by atoms with Crippen molar-refractivity contribution in [2.24, 2.45) is 0 Å². The monoisotopic (exact) mass is 315 g/mol. The number of hydrogen-bond donors (Lipinski definition) is 2. The van der Waals surface area contributed by atoms with E-state index >= 15 is 0 Å². The molecule has 118 valence electrons. The lowest BCUT2D eigenvalue weighted by Crippen LogP contribution is -2.16. The van der Waals surface area contributed by atoms with Crippen LogP contribution in [0.1, 0.15) is 26.7 Å². The second kappa shape index (κ2) is 8.50. The summed E-state index contributed by atoms with van der Waals surface area (Å²) in [6.45, 7) is 4.90. The van der Waals surface area contributed by atoms with E-state index in [9.17, 15) is 14.3 Å². The van der Waals surface area contributed by atoms with Gasteiger partial charge in [-0.15, -0.1) is 0 Å². The molecule has 0 bridgehead atoms. The Hall–Kier alpha value is -1.77. The highest BCUT2D eigenvalue weighted by Gasteiger charge is 2.22. The van der Waals surface area contributed by atoms with Crippen molar-refractivity contribution in [3.8, 4) is 0 Å². The fraction of sp³-hybridized carbons (Fsp3) is 0.667. The molecule has 0 aliphatic rings. The number of aromatic nitrogens is 2. The van der Waals surface area contributed by atoms with Gasteiger partial charge in [0.2, 0.25) is 11.6 Å². The molecule has 2 unspecified atom stereocenters. The van der Waals surface area contributed by atoms with Crippen LogP contribution in [-0.4, -0.2) is 43.7 Å². The number of nitrogens with zero attached hydrogens (tertiary/aromatic N) is 3. The molecule has 0 aromatic carbocycles. The molecule has 0 saturated heterocycles. The first-order valence-electron chi connectivity index (χ1n) is 6.76. The highest BCUT2D eigenvalue weighted by Crippen LogP contribution is 2.28. The topological polar surface area (TPSA) is 110 Å². The first-order valence-corrected chi connectivity index (χ1v) is 8.38. The summed E-state index contributed by atoms with van der Waals surface area (Å²) in [7, 11) is -0.910. The third-order valence-electron chi connectivity index (χ3n) is 2.96. The molecule has 0 aliphatic heterocycles. The maximum Gasteiger partial charge on any atom is 0.353 e. The van der Waals surface area contributed by atoms with E-state index < -0.39 is 15.7 Å². The van der Waals surface area contributed by atoms with Gasteiger partial charge < -0.3 is 10.6 Å². The lowest BCUT2D eigenvalue weighted by atomic mass is 10.3. The van der Waals surface area contributed by atoms with Crippen LogP contribution in [0, 0.1) is 10.1 Å². The van der Waals surface area contributed by atoms with E-state index in [-0.39, 0.29) is 22.6 Å². The molecule has 8 nitrogen and oxygen atoms in total. The fourth-order valence-corrected chi connectivity index (χ4v) is 2.06. The van der Waals surface area contributed by atoms with E-state index in [4.69, 9.17) is 0 Å². The molecule has 2 atom stereocenters. The Morgan fingerprint density at radius 1 is 1.33 bits per heavy atom. The van der Waals surface area contributed by atoms with Crippen LogP contribution >= 0.6 is 0 Å². The predicted molar refractivity (Wildman–Crippen MR) is 84.1 cm³/mol. The third kappa shape index (κ3) is 5.25. The molecular weight excluding hydrogens is 294 g/mol. The molecular formula is C12H21N5O3S. The Morgan fingerprint density at radius 3 is 2.38 bits per heavy atom. The summed E-state index contributed by atoms with van der Waals surface area (Å²) in [5.74, 6) is 0.397. The summed E-state index contributed by atoms with van der Waals surface area (Å²) < 4.78 is 11.3. The molecule has 0 saturated carbocycles. The summed E-state index contributed by atoms with van der Waals surface area (Å²) in [5, 5.41) is 17.1. The van der Waals surface area contributed by atoms with Gasteiger partial charge in [0, 0.05) is 35.4 Å². The van der Waals surface area contributed by atoms with Crippen LogP contribution in [0.5, 0.6) is 0 Å². The van der Waals surface area contributed by atoms with Gasteiger partial charge in [0.05, 0.1) is 4.92 Å². The standard InChI is InChI=1S/C12H21N5O3S/c1-4-6-13-11-10(17(18)19)12(16-8-15-11)14-7-5-9(2)21(3)20/h8-9H,4-7H2,1-3H3,(H2,13,14,15,16). The van der Waals surface area contributed by atoms with E-state index in [1.54, 1.807) is 6.26 Å². The highest BCUT2D eigenvalue weighted by atomic mass is 32.2. The molecule has 1 aromatic heterocycles. The summed E-state index contributed by atoms with van der Waals surface area (Å²) >= 11 is 0. The van der Waals surface area contributed by atoms with Crippen LogP contribution in [0.3, 0.4) is 0 Å². The summed E-state index contributed by atoms with van der Waals surface area (Å²) in [4.78, 5) is 18.6. The average molecular weight is 315 g/mol. The molecule has 0 radical (unpaired) electrons. The van der Waals surface area contributed by atoms with Crippen LogP contribution in [0.4, 0.5) is 17.3 Å². The minimum absolute atomic E-state index is 0.0241. The second-order valence-corrected chi connectivity index (χ2v) is 6.43. The van der Waals surface area contributed by atoms with Gasteiger partial charge >= 0.3 is 5.69 Å². The minimum atomic E-state index is -0.910. The largest absolute Gasteiger partial charge is 0.364 e. The molecule has 1 aromatic rings. The molecule has 0 aliphatic carbocycles. The van der Waals surface area contributed by atoms with Crippen molar-refractivity contribution in [2.45, 2.75) is 31.9 Å². The highest BCUT2D eigenvalue weighted by molar-refractivity contribution is 7.84. The van der Waals surface area contributed by atoms with Crippen LogP contribution < -0.4 is 10.6 Å². The van der Waals surface area contributed by atoms with Crippen LogP contribution in [0.25, 0.3) is 0 Å². The third-order valence-corrected chi connectivity index (χ3v) is 4.33. The van der Waals surface area contributed by atoms with Crippen molar-refractivity contribution in [2.75, 3.05) is 30.0 Å². The molecule has 0 spiro atoms. The number of anilines is 2. The van der Waals surface area contributed by atoms with Crippen molar-refractivity contribution >= 4 is 28.1 Å². The maximum absolute atomic E-state index is 11.3. The Bertz CT molecular complexity index is 512. The van der Waals surface area contributed by atoms with Gasteiger partial charge in [0.1, 0.15) is 6.33 Å². The summed E-state index contributed by atoms with van der Waals surface area (Å²) in [6.07, 6.45) is 4.41. The molecule has 9 heteroatoms. The average Bonchev–Trinajstić information content (AvgIpc) is 2.44. The first-order chi connectivity index (χ1) is 9.97. The van der Waals surface area contributed by atoms with Crippen molar-refractivity contribution in [3.05, 3.63) is 16.4 Å². The smallest absolute Gasteiger partial charge is 0.353 e. The summed E-state index contributed by atoms with van der Waals surface area (Å²) in [5.41, 5.74) is -0.156. The Balaban J connectivity index is 2.81. The van der Waals surface area contributed by atoms with Crippen molar-refractivity contribution < 1.29 is 9.13 Å². The van der Waals surface area contributed by atoms with Gasteiger partial charge in [-0.05, 0) is 12.8 Å². The minimum Gasteiger partial charge on any atom is -0.364 e. The first kappa shape index (κ1) is 17.3. The van der Waals surface area contributed by atoms with Gasteiger partial charge in [-0.3, -0.25) is 14.3 Å². The Labute approximate surface area is 126 Å². The zero-order chi connectivity index (χ0) is 15.8. The van der Waals surface area contributed by atoms with Gasteiger partial charge in [-0.25, -0.2) is 9.97 Å². The van der Waals surface area contributed by atoms with E-state index in [1.165, 1.54) is 6.33 Å². The van der Waals surface area contributed by atoms with Gasteiger partial charge in [-0.2, -0.15) is 0 Å². The van der Waals surface area contributed by atoms with E-state index in [0.29, 0.717) is 19.5 Å². The number of rotatable bonds is 9. The fourth-order valence-electron chi connectivity index (χ4n) is 1.61. The van der Waals surface area contributed by atoms with Gasteiger partial charge in [0.25, 0.3) is 0 Å². The van der Waals surface area contributed by atoms with Gasteiger partial charge in [-0.1, -0.05) is 13.8 Å². The number of nitrogens with one attached hydrogen (secondary N) is 2. The lowest BCUT2D eigenvalue weighted by molar-refractivity contribution is -0.383. The quantitative estimate of drug-likeness (QED) is 0.528. The normalized spacial score (nSPS) is 13.5. The van der Waals surface area contributed by atoms with Crippen LogP contribution in [0.15, 0.2) is 6.33 Å². The predicted octanol–water partition coefficient (Wildman–Crippen LogP) is 1.78. The van der Waals surface area contributed by atoms with Crippen molar-refractivity contribution in [1.82, 2.24) is 9.97 Å². The molecule has 21 heavy (non-hydrogen) atoms. The molecule has 2 N–H and O–H groups in total. The lowest BCUT2D eigenvalue weighted by Gasteiger charge is -2.11. The second-order valence-electron chi connectivity index (χ2n) is 4.63. The number of hydrogen-bond acceptors (Lipinski definition) is 7. The molecule has 1 heterocycles. The zero-order valence-corrected chi connectivity index (χ0v) is 13.3. The zero-order valence-electron chi connectivity index (χ0n) is 12.5. The summed E-state index contributed by atoms with van der Waals surface area (Å²) in [6, 6.07) is 0. The molecule has 0 fully saturated rings. The van der Waals surface area contributed by atoms with Crippen LogP contribution in [0.2, 0.25) is 0 Å². The Morgan fingerprint density at radius 2 is 1.90 bits per heavy atom. The Kier molecular flexibility index (Phi) is 7.00. The van der Waals surface area contributed by atoms with Crippen molar-refractivity contribution in [3.63, 3.8) is 0 Å². The van der Waals surface area contributed by atoms with Crippen LogP contribution in [-0.2, 0) is 10.8 Å². The number of nitro groups is 1.